The Hall–Kier alpha value is -2.48. The van der Waals surface area contributed by atoms with E-state index in [0.29, 0.717) is 35.3 Å². The summed E-state index contributed by atoms with van der Waals surface area (Å²) in [5, 5.41) is 3.60. The first-order valence-electron chi connectivity index (χ1n) is 10.4. The van der Waals surface area contributed by atoms with E-state index < -0.39 is 0 Å². The molecule has 2 aromatic rings. The number of carbonyl (C=O) groups is 1. The fourth-order valence-electron chi connectivity index (χ4n) is 3.50. The summed E-state index contributed by atoms with van der Waals surface area (Å²) < 4.78 is 16.1. The van der Waals surface area contributed by atoms with Crippen molar-refractivity contribution in [3.05, 3.63) is 53.1 Å². The standard InChI is InChI=1S/C23H30ClN3O4/c1-29-21-9-4-18(16-22(21)30-2)17-27(11-3-10-26-12-14-31-15-13-26)23(28)25-20-7-5-19(24)6-8-20/h4-9,16H,3,10-15,17H2,1-2H3,(H,25,28). The maximum Gasteiger partial charge on any atom is 0.322 e. The van der Waals surface area contributed by atoms with Gasteiger partial charge in [0.1, 0.15) is 0 Å². The molecule has 7 nitrogen and oxygen atoms in total. The quantitative estimate of drug-likeness (QED) is 0.626. The number of morpholine rings is 1. The van der Waals surface area contributed by atoms with Crippen molar-refractivity contribution in [2.45, 2.75) is 13.0 Å². The molecule has 31 heavy (non-hydrogen) atoms. The molecule has 0 atom stereocenters. The predicted octanol–water partition coefficient (Wildman–Crippen LogP) is 4.11. The summed E-state index contributed by atoms with van der Waals surface area (Å²) in [6.07, 6.45) is 0.876. The number of urea groups is 1. The fourth-order valence-corrected chi connectivity index (χ4v) is 3.62. The first kappa shape index (κ1) is 23.2. The number of benzene rings is 2. The number of hydrogen-bond donors (Lipinski definition) is 1. The van der Waals surface area contributed by atoms with Crippen molar-refractivity contribution in [1.82, 2.24) is 9.80 Å². The van der Waals surface area contributed by atoms with Crippen LogP contribution in [0.25, 0.3) is 0 Å². The molecule has 1 aliphatic heterocycles. The summed E-state index contributed by atoms with van der Waals surface area (Å²) in [6.45, 7) is 5.44. The summed E-state index contributed by atoms with van der Waals surface area (Å²) >= 11 is 5.95. The molecule has 1 saturated heterocycles. The van der Waals surface area contributed by atoms with Crippen molar-refractivity contribution < 1.29 is 19.0 Å². The molecule has 0 saturated carbocycles. The third-order valence-electron chi connectivity index (χ3n) is 5.21. The van der Waals surface area contributed by atoms with Crippen LogP contribution in [0.4, 0.5) is 10.5 Å². The third-order valence-corrected chi connectivity index (χ3v) is 5.46. The smallest absolute Gasteiger partial charge is 0.322 e. The van der Waals surface area contributed by atoms with Gasteiger partial charge in [-0.05, 0) is 48.4 Å². The molecule has 1 aliphatic rings. The van der Waals surface area contributed by atoms with Crippen molar-refractivity contribution in [1.29, 1.82) is 0 Å². The van der Waals surface area contributed by atoms with Crippen LogP contribution in [0, 0.1) is 0 Å². The van der Waals surface area contributed by atoms with Gasteiger partial charge in [0.2, 0.25) is 0 Å². The second-order valence-electron chi connectivity index (χ2n) is 7.36. The number of rotatable bonds is 9. The lowest BCUT2D eigenvalue weighted by molar-refractivity contribution is 0.0365. The summed E-state index contributed by atoms with van der Waals surface area (Å²) in [7, 11) is 3.21. The van der Waals surface area contributed by atoms with E-state index in [1.807, 2.05) is 23.1 Å². The van der Waals surface area contributed by atoms with Gasteiger partial charge >= 0.3 is 6.03 Å². The van der Waals surface area contributed by atoms with Crippen molar-refractivity contribution in [2.24, 2.45) is 0 Å². The molecule has 2 amide bonds. The summed E-state index contributed by atoms with van der Waals surface area (Å²) in [5.41, 5.74) is 1.68. The Morgan fingerprint density at radius 1 is 1.10 bits per heavy atom. The van der Waals surface area contributed by atoms with Crippen LogP contribution in [-0.4, -0.2) is 69.4 Å². The molecule has 168 valence electrons. The Morgan fingerprint density at radius 2 is 1.81 bits per heavy atom. The summed E-state index contributed by atoms with van der Waals surface area (Å²) in [6, 6.07) is 12.7. The van der Waals surface area contributed by atoms with Crippen molar-refractivity contribution in [3.63, 3.8) is 0 Å². The highest BCUT2D eigenvalue weighted by Gasteiger charge is 2.17. The van der Waals surface area contributed by atoms with Crippen molar-refractivity contribution in [2.75, 3.05) is 58.9 Å². The van der Waals surface area contributed by atoms with E-state index in [1.165, 1.54) is 0 Å². The average molecular weight is 448 g/mol. The molecule has 8 heteroatoms. The monoisotopic (exact) mass is 447 g/mol. The van der Waals surface area contributed by atoms with Gasteiger partial charge in [-0.1, -0.05) is 17.7 Å². The SMILES string of the molecule is COc1ccc(CN(CCCN2CCOCC2)C(=O)Nc2ccc(Cl)cc2)cc1OC. The normalized spacial score (nSPS) is 14.2. The molecule has 0 aliphatic carbocycles. The number of amides is 2. The molecule has 1 heterocycles. The molecule has 0 bridgehead atoms. The van der Waals surface area contributed by atoms with Gasteiger partial charge in [0.25, 0.3) is 0 Å². The molecule has 0 aromatic heterocycles. The molecule has 1 fully saturated rings. The maximum atomic E-state index is 13.1. The van der Waals surface area contributed by atoms with Crippen LogP contribution in [0.5, 0.6) is 11.5 Å². The van der Waals surface area contributed by atoms with Crippen LogP contribution in [0.2, 0.25) is 5.02 Å². The van der Waals surface area contributed by atoms with Gasteiger partial charge in [-0.15, -0.1) is 0 Å². The van der Waals surface area contributed by atoms with Gasteiger partial charge in [-0.3, -0.25) is 4.90 Å². The summed E-state index contributed by atoms with van der Waals surface area (Å²) in [4.78, 5) is 17.2. The van der Waals surface area contributed by atoms with E-state index in [4.69, 9.17) is 25.8 Å². The molecule has 3 rings (SSSR count). The van der Waals surface area contributed by atoms with E-state index in [-0.39, 0.29) is 6.03 Å². The highest BCUT2D eigenvalue weighted by atomic mass is 35.5. The number of anilines is 1. The first-order chi connectivity index (χ1) is 15.1. The Bertz CT molecular complexity index is 841. The topological polar surface area (TPSA) is 63.3 Å². The van der Waals surface area contributed by atoms with Crippen molar-refractivity contribution >= 4 is 23.3 Å². The van der Waals surface area contributed by atoms with Gasteiger partial charge in [0.05, 0.1) is 27.4 Å². The minimum atomic E-state index is -0.154. The van der Waals surface area contributed by atoms with E-state index in [2.05, 4.69) is 10.2 Å². The molecule has 0 unspecified atom stereocenters. The minimum Gasteiger partial charge on any atom is -0.493 e. The highest BCUT2D eigenvalue weighted by Crippen LogP contribution is 2.28. The van der Waals surface area contributed by atoms with E-state index in [0.717, 1.165) is 44.8 Å². The number of nitrogens with one attached hydrogen (secondary N) is 1. The zero-order valence-electron chi connectivity index (χ0n) is 18.1. The van der Waals surface area contributed by atoms with Crippen LogP contribution in [0.15, 0.2) is 42.5 Å². The third kappa shape index (κ3) is 7.02. The van der Waals surface area contributed by atoms with Gasteiger partial charge in [0.15, 0.2) is 11.5 Å². The lowest BCUT2D eigenvalue weighted by atomic mass is 10.2. The van der Waals surface area contributed by atoms with E-state index >= 15 is 0 Å². The Kier molecular flexibility index (Phi) is 8.82. The van der Waals surface area contributed by atoms with E-state index in [9.17, 15) is 4.79 Å². The molecular formula is C23H30ClN3O4. The second-order valence-corrected chi connectivity index (χ2v) is 7.79. The first-order valence-corrected chi connectivity index (χ1v) is 10.8. The number of halogens is 1. The average Bonchev–Trinajstić information content (AvgIpc) is 2.80. The molecule has 0 spiro atoms. The fraction of sp³-hybridized carbons (Fsp3) is 0.435. The molecule has 0 radical (unpaired) electrons. The maximum absolute atomic E-state index is 13.1. The molecule has 1 N–H and O–H groups in total. The number of ether oxygens (including phenoxy) is 3. The largest absolute Gasteiger partial charge is 0.493 e. The van der Waals surface area contributed by atoms with Crippen LogP contribution in [0.1, 0.15) is 12.0 Å². The minimum absolute atomic E-state index is 0.154. The zero-order valence-corrected chi connectivity index (χ0v) is 18.9. The van der Waals surface area contributed by atoms with Crippen LogP contribution < -0.4 is 14.8 Å². The zero-order chi connectivity index (χ0) is 22.1. The van der Waals surface area contributed by atoms with Gasteiger partial charge in [-0.2, -0.15) is 0 Å². The van der Waals surface area contributed by atoms with Crippen LogP contribution in [-0.2, 0) is 11.3 Å². The predicted molar refractivity (Wildman–Crippen MR) is 122 cm³/mol. The Balaban J connectivity index is 1.67. The highest BCUT2D eigenvalue weighted by molar-refractivity contribution is 6.30. The number of carbonyl (C=O) groups excluding carboxylic acids is 1. The van der Waals surface area contributed by atoms with E-state index in [1.54, 1.807) is 38.5 Å². The lowest BCUT2D eigenvalue weighted by Crippen LogP contribution is -2.40. The van der Waals surface area contributed by atoms with Crippen LogP contribution >= 0.6 is 11.6 Å². The number of methoxy groups -OCH3 is 2. The molecular weight excluding hydrogens is 418 g/mol. The van der Waals surface area contributed by atoms with Gasteiger partial charge < -0.3 is 24.4 Å². The molecule has 2 aromatic carbocycles. The van der Waals surface area contributed by atoms with Gasteiger partial charge in [-0.25, -0.2) is 4.79 Å². The Morgan fingerprint density at radius 3 is 2.48 bits per heavy atom. The Labute approximate surface area is 188 Å². The van der Waals surface area contributed by atoms with Gasteiger partial charge in [0, 0.05) is 43.4 Å². The number of nitrogens with zero attached hydrogens (tertiary/aromatic N) is 2. The second kappa shape index (κ2) is 11.8. The lowest BCUT2D eigenvalue weighted by Gasteiger charge is -2.28. The summed E-state index contributed by atoms with van der Waals surface area (Å²) in [5.74, 6) is 1.31. The van der Waals surface area contributed by atoms with Crippen LogP contribution in [0.3, 0.4) is 0 Å². The van der Waals surface area contributed by atoms with Crippen molar-refractivity contribution in [3.8, 4) is 11.5 Å². The number of hydrogen-bond acceptors (Lipinski definition) is 5.